The number of benzene rings is 1. The third kappa shape index (κ3) is 6.07. The molecule has 0 spiro atoms. The van der Waals surface area contributed by atoms with Crippen LogP contribution in [0.2, 0.25) is 0 Å². The summed E-state index contributed by atoms with van der Waals surface area (Å²) in [6.45, 7) is 15.8. The maximum atomic E-state index is 13.1. The number of hydrogen-bond acceptors (Lipinski definition) is 7. The van der Waals surface area contributed by atoms with Gasteiger partial charge in [-0.1, -0.05) is 0 Å². The number of β-amino-alcohol motifs (C(OH)–C–C–N with tert-alkyl or cyclic N) is 1. The van der Waals surface area contributed by atoms with E-state index >= 15 is 0 Å². The SMILES string of the molecule is CC(=O)c1ccc(OC(C)(C)C(O)CN2CCN(c3cc(=O)n(C(C)C)c(=O)n3C(C)C)CC2)cc1. The van der Waals surface area contributed by atoms with Gasteiger partial charge in [-0.15, -0.1) is 0 Å². The van der Waals surface area contributed by atoms with Gasteiger partial charge in [0.1, 0.15) is 23.3 Å². The minimum absolute atomic E-state index is 0.00790. The lowest BCUT2D eigenvalue weighted by Gasteiger charge is -2.40. The van der Waals surface area contributed by atoms with E-state index < -0.39 is 11.7 Å². The lowest BCUT2D eigenvalue weighted by atomic mass is 10.0. The van der Waals surface area contributed by atoms with E-state index in [1.54, 1.807) is 34.9 Å². The van der Waals surface area contributed by atoms with Crippen LogP contribution in [0.25, 0.3) is 0 Å². The van der Waals surface area contributed by atoms with Crippen molar-refractivity contribution >= 4 is 11.6 Å². The molecule has 0 aliphatic carbocycles. The molecule has 198 valence electrons. The molecule has 1 atom stereocenters. The maximum Gasteiger partial charge on any atom is 0.333 e. The molecular formula is C27H40N4O5. The van der Waals surface area contributed by atoms with E-state index in [4.69, 9.17) is 4.74 Å². The predicted molar refractivity (Wildman–Crippen MR) is 142 cm³/mol. The summed E-state index contributed by atoms with van der Waals surface area (Å²) in [6.07, 6.45) is -0.750. The number of nitrogens with zero attached hydrogens (tertiary/aromatic N) is 4. The fraction of sp³-hybridized carbons (Fsp3) is 0.593. The summed E-state index contributed by atoms with van der Waals surface area (Å²) in [6, 6.07) is 8.20. The number of piperazine rings is 1. The number of aliphatic hydroxyl groups excluding tert-OH is 1. The molecule has 0 radical (unpaired) electrons. The van der Waals surface area contributed by atoms with Gasteiger partial charge in [0, 0.05) is 56.4 Å². The summed E-state index contributed by atoms with van der Waals surface area (Å²) in [5, 5.41) is 11.0. The Hall–Kier alpha value is -2.91. The highest BCUT2D eigenvalue weighted by Gasteiger charge is 2.33. The van der Waals surface area contributed by atoms with Crippen molar-refractivity contribution in [3.05, 3.63) is 56.7 Å². The smallest absolute Gasteiger partial charge is 0.333 e. The van der Waals surface area contributed by atoms with Crippen molar-refractivity contribution in [3.8, 4) is 5.75 Å². The van der Waals surface area contributed by atoms with Crippen LogP contribution in [0.1, 0.15) is 70.9 Å². The summed E-state index contributed by atoms with van der Waals surface area (Å²) in [4.78, 5) is 41.5. The van der Waals surface area contributed by atoms with Gasteiger partial charge in [-0.3, -0.25) is 23.6 Å². The second-order valence-electron chi connectivity index (χ2n) is 10.6. The average Bonchev–Trinajstić information content (AvgIpc) is 2.78. The van der Waals surface area contributed by atoms with Gasteiger partial charge in [0.25, 0.3) is 5.56 Å². The van der Waals surface area contributed by atoms with E-state index in [0.717, 1.165) is 0 Å². The number of carbonyl (C=O) groups excluding carboxylic acids is 1. The Morgan fingerprint density at radius 3 is 2.03 bits per heavy atom. The Morgan fingerprint density at radius 2 is 1.53 bits per heavy atom. The number of anilines is 1. The molecule has 0 saturated carbocycles. The minimum Gasteiger partial charge on any atom is -0.485 e. The topological polar surface area (TPSA) is 97.0 Å². The number of Topliss-reactive ketones (excluding diaryl/α,β-unsaturated/α-hetero) is 1. The van der Waals surface area contributed by atoms with Gasteiger partial charge in [-0.25, -0.2) is 4.79 Å². The lowest BCUT2D eigenvalue weighted by Crippen LogP contribution is -2.54. The number of rotatable bonds is 9. The maximum absolute atomic E-state index is 13.1. The summed E-state index contributed by atoms with van der Waals surface area (Å²) in [5.74, 6) is 1.23. The van der Waals surface area contributed by atoms with Crippen LogP contribution >= 0.6 is 0 Å². The van der Waals surface area contributed by atoms with Crippen molar-refractivity contribution in [1.82, 2.24) is 14.0 Å². The van der Waals surface area contributed by atoms with Crippen LogP contribution in [-0.4, -0.2) is 69.4 Å². The van der Waals surface area contributed by atoms with Gasteiger partial charge in [0.05, 0.1) is 0 Å². The van der Waals surface area contributed by atoms with Crippen LogP contribution in [0.15, 0.2) is 39.9 Å². The van der Waals surface area contributed by atoms with Crippen LogP contribution in [0.4, 0.5) is 5.82 Å². The monoisotopic (exact) mass is 500 g/mol. The molecule has 0 bridgehead atoms. The molecule has 2 heterocycles. The predicted octanol–water partition coefficient (Wildman–Crippen LogP) is 2.71. The Bertz CT molecular complexity index is 1170. The number of ether oxygens (including phenoxy) is 1. The van der Waals surface area contributed by atoms with Crippen LogP contribution in [0, 0.1) is 0 Å². The highest BCUT2D eigenvalue weighted by Crippen LogP contribution is 2.24. The molecule has 9 heteroatoms. The first-order valence-corrected chi connectivity index (χ1v) is 12.6. The van der Waals surface area contributed by atoms with E-state index in [1.165, 1.54) is 11.5 Å². The molecule has 0 amide bonds. The second kappa shape index (κ2) is 11.0. The zero-order valence-corrected chi connectivity index (χ0v) is 22.5. The molecule has 1 fully saturated rings. The van der Waals surface area contributed by atoms with Crippen molar-refractivity contribution in [2.45, 2.75) is 72.3 Å². The van der Waals surface area contributed by atoms with Gasteiger partial charge < -0.3 is 14.7 Å². The summed E-state index contributed by atoms with van der Waals surface area (Å²) in [5.41, 5.74) is -0.789. The van der Waals surface area contributed by atoms with Crippen LogP contribution in [-0.2, 0) is 0 Å². The zero-order chi connectivity index (χ0) is 26.8. The van der Waals surface area contributed by atoms with Crippen molar-refractivity contribution in [1.29, 1.82) is 0 Å². The molecule has 9 nitrogen and oxygen atoms in total. The number of hydrogen-bond donors (Lipinski definition) is 1. The Balaban J connectivity index is 1.66. The van der Waals surface area contributed by atoms with Crippen LogP contribution in [0.3, 0.4) is 0 Å². The van der Waals surface area contributed by atoms with Crippen molar-refractivity contribution in [2.75, 3.05) is 37.6 Å². The van der Waals surface area contributed by atoms with Gasteiger partial charge in [0.15, 0.2) is 5.78 Å². The van der Waals surface area contributed by atoms with E-state index in [2.05, 4.69) is 9.80 Å². The average molecular weight is 501 g/mol. The number of aliphatic hydroxyl groups is 1. The second-order valence-corrected chi connectivity index (χ2v) is 10.6. The minimum atomic E-state index is -0.839. The van der Waals surface area contributed by atoms with E-state index in [0.29, 0.717) is 49.9 Å². The van der Waals surface area contributed by atoms with Gasteiger partial charge in [0.2, 0.25) is 0 Å². The Kier molecular flexibility index (Phi) is 8.46. The van der Waals surface area contributed by atoms with Crippen molar-refractivity contribution in [3.63, 3.8) is 0 Å². The van der Waals surface area contributed by atoms with Gasteiger partial charge in [-0.2, -0.15) is 0 Å². The zero-order valence-electron chi connectivity index (χ0n) is 22.5. The van der Waals surface area contributed by atoms with E-state index in [9.17, 15) is 19.5 Å². The fourth-order valence-corrected chi connectivity index (χ4v) is 4.52. The summed E-state index contributed by atoms with van der Waals surface area (Å²) < 4.78 is 9.05. The Labute approximate surface area is 212 Å². The van der Waals surface area contributed by atoms with Crippen molar-refractivity contribution in [2.24, 2.45) is 0 Å². The number of aromatic nitrogens is 2. The van der Waals surface area contributed by atoms with Gasteiger partial charge >= 0.3 is 5.69 Å². The molecule has 1 aromatic carbocycles. The number of carbonyl (C=O) groups is 1. The summed E-state index contributed by atoms with van der Waals surface area (Å²) >= 11 is 0. The lowest BCUT2D eigenvalue weighted by molar-refractivity contribution is -0.0449. The quantitative estimate of drug-likeness (QED) is 0.529. The third-order valence-electron chi connectivity index (χ3n) is 6.75. The standard InChI is InChI=1S/C27H40N4O5/c1-18(2)30-24(16-25(34)31(19(3)4)26(30)35)29-14-12-28(13-15-29)17-23(33)27(6,7)36-22-10-8-21(9-11-22)20(5)32/h8-11,16,18-19,23,33H,12-15,17H2,1-7H3. The van der Waals surface area contributed by atoms with Gasteiger partial charge in [-0.05, 0) is 72.7 Å². The first-order chi connectivity index (χ1) is 16.8. The fourth-order valence-electron chi connectivity index (χ4n) is 4.52. The molecule has 3 rings (SSSR count). The van der Waals surface area contributed by atoms with Crippen LogP contribution < -0.4 is 20.9 Å². The van der Waals surface area contributed by atoms with Crippen molar-refractivity contribution < 1.29 is 14.6 Å². The molecular weight excluding hydrogens is 460 g/mol. The molecule has 1 aliphatic rings. The summed E-state index contributed by atoms with van der Waals surface area (Å²) in [7, 11) is 0. The molecule has 1 unspecified atom stereocenters. The highest BCUT2D eigenvalue weighted by atomic mass is 16.5. The first-order valence-electron chi connectivity index (χ1n) is 12.6. The molecule has 1 N–H and O–H groups in total. The van der Waals surface area contributed by atoms with E-state index in [1.807, 2.05) is 41.5 Å². The number of ketones is 1. The molecule has 36 heavy (non-hydrogen) atoms. The van der Waals surface area contributed by atoms with Crippen LogP contribution in [0.5, 0.6) is 5.75 Å². The molecule has 1 aromatic heterocycles. The largest absolute Gasteiger partial charge is 0.485 e. The Morgan fingerprint density at radius 1 is 0.972 bits per heavy atom. The molecule has 2 aromatic rings. The molecule has 1 aliphatic heterocycles. The third-order valence-corrected chi connectivity index (χ3v) is 6.75. The first kappa shape index (κ1) is 27.7. The molecule has 1 saturated heterocycles. The normalized spacial score (nSPS) is 16.0. The highest BCUT2D eigenvalue weighted by molar-refractivity contribution is 5.94. The van der Waals surface area contributed by atoms with E-state index in [-0.39, 0.29) is 29.1 Å².